The fourth-order valence-corrected chi connectivity index (χ4v) is 4.64. The van der Waals surface area contributed by atoms with Crippen molar-refractivity contribution >= 4 is 22.5 Å². The van der Waals surface area contributed by atoms with Crippen LogP contribution in [0, 0.1) is 5.92 Å². The standard InChI is InChI=1S/C20H30N4O4S/c1-12-6-7-23(8-12)19(25)17-21-16(20(3,4)29(5)26)15-18(22-17)24-13(2)9-27-10-14(24)11-28-15/h12-14H,6-11H2,1-5H3/t12-,13-,14+,29?/m1/s1. The van der Waals surface area contributed by atoms with Crippen LogP contribution in [0.5, 0.6) is 5.75 Å². The van der Waals surface area contributed by atoms with E-state index < -0.39 is 15.5 Å². The average molecular weight is 423 g/mol. The van der Waals surface area contributed by atoms with Gasteiger partial charge in [-0.25, -0.2) is 9.97 Å². The van der Waals surface area contributed by atoms with Gasteiger partial charge in [0.25, 0.3) is 5.91 Å². The zero-order valence-corrected chi connectivity index (χ0v) is 18.6. The first-order chi connectivity index (χ1) is 13.7. The first kappa shape index (κ1) is 20.5. The minimum absolute atomic E-state index is 0.0407. The zero-order valence-electron chi connectivity index (χ0n) is 17.8. The van der Waals surface area contributed by atoms with Crippen LogP contribution in [0.2, 0.25) is 0 Å². The number of aromatic nitrogens is 2. The van der Waals surface area contributed by atoms with E-state index in [4.69, 9.17) is 14.5 Å². The number of fused-ring (bicyclic) bond motifs is 3. The lowest BCUT2D eigenvalue weighted by atomic mass is 10.0. The molecule has 4 atom stereocenters. The maximum absolute atomic E-state index is 13.2. The zero-order chi connectivity index (χ0) is 20.9. The lowest BCUT2D eigenvalue weighted by Crippen LogP contribution is -2.56. The molecule has 1 amide bonds. The number of morpholine rings is 1. The fraction of sp³-hybridized carbons (Fsp3) is 0.750. The third-order valence-electron chi connectivity index (χ3n) is 6.24. The van der Waals surface area contributed by atoms with Gasteiger partial charge in [-0.2, -0.15) is 0 Å². The van der Waals surface area contributed by atoms with Crippen LogP contribution in [0.3, 0.4) is 0 Å². The van der Waals surface area contributed by atoms with Crippen molar-refractivity contribution in [2.24, 2.45) is 5.92 Å². The topological polar surface area (TPSA) is 84.9 Å². The quantitative estimate of drug-likeness (QED) is 0.731. The molecule has 4 rings (SSSR count). The summed E-state index contributed by atoms with van der Waals surface area (Å²) < 4.78 is 23.5. The fourth-order valence-electron chi connectivity index (χ4n) is 4.23. The van der Waals surface area contributed by atoms with Crippen molar-refractivity contribution in [1.82, 2.24) is 14.9 Å². The summed E-state index contributed by atoms with van der Waals surface area (Å²) in [6.45, 7) is 11.0. The predicted molar refractivity (Wildman–Crippen MR) is 111 cm³/mol. The van der Waals surface area contributed by atoms with Crippen molar-refractivity contribution in [3.63, 3.8) is 0 Å². The molecule has 0 spiro atoms. The number of ether oxygens (including phenoxy) is 2. The summed E-state index contributed by atoms with van der Waals surface area (Å²) in [7, 11) is -1.21. The van der Waals surface area contributed by atoms with Crippen LogP contribution in [0.15, 0.2) is 0 Å². The van der Waals surface area contributed by atoms with Crippen LogP contribution in [0.4, 0.5) is 5.82 Å². The summed E-state index contributed by atoms with van der Waals surface area (Å²) in [4.78, 5) is 26.5. The number of carbonyl (C=O) groups is 1. The number of nitrogens with zero attached hydrogens (tertiary/aromatic N) is 4. The van der Waals surface area contributed by atoms with Gasteiger partial charge in [0.05, 0.1) is 30.0 Å². The van der Waals surface area contributed by atoms with E-state index in [1.807, 2.05) is 18.7 Å². The summed E-state index contributed by atoms with van der Waals surface area (Å²) in [6.07, 6.45) is 2.64. The van der Waals surface area contributed by atoms with Gasteiger partial charge in [-0.1, -0.05) is 6.92 Å². The lowest BCUT2D eigenvalue weighted by Gasteiger charge is -2.45. The Morgan fingerprint density at radius 1 is 1.21 bits per heavy atom. The maximum atomic E-state index is 13.2. The second-order valence-corrected chi connectivity index (χ2v) is 10.8. The first-order valence-electron chi connectivity index (χ1n) is 10.2. The Labute approximate surface area is 174 Å². The summed E-state index contributed by atoms with van der Waals surface area (Å²) in [5.74, 6) is 1.63. The van der Waals surface area contributed by atoms with E-state index in [1.54, 1.807) is 6.26 Å². The monoisotopic (exact) mass is 422 g/mol. The van der Waals surface area contributed by atoms with Gasteiger partial charge < -0.3 is 19.3 Å². The summed E-state index contributed by atoms with van der Waals surface area (Å²) in [5, 5.41) is 0. The maximum Gasteiger partial charge on any atom is 0.291 e. The van der Waals surface area contributed by atoms with E-state index >= 15 is 0 Å². The molecule has 29 heavy (non-hydrogen) atoms. The molecule has 3 aliphatic rings. The number of hydrogen-bond acceptors (Lipinski definition) is 7. The Morgan fingerprint density at radius 2 is 1.97 bits per heavy atom. The van der Waals surface area contributed by atoms with Crippen molar-refractivity contribution in [3.8, 4) is 5.75 Å². The van der Waals surface area contributed by atoms with Crippen LogP contribution >= 0.6 is 0 Å². The van der Waals surface area contributed by atoms with Crippen LogP contribution < -0.4 is 9.64 Å². The Morgan fingerprint density at radius 3 is 2.62 bits per heavy atom. The molecular weight excluding hydrogens is 392 g/mol. The predicted octanol–water partition coefficient (Wildman–Crippen LogP) is 1.56. The molecular formula is C20H30N4O4S. The van der Waals surface area contributed by atoms with Gasteiger partial charge in [-0.05, 0) is 33.1 Å². The van der Waals surface area contributed by atoms with Gasteiger partial charge in [0.1, 0.15) is 12.3 Å². The largest absolute Gasteiger partial charge is 0.486 e. The van der Waals surface area contributed by atoms with Crippen LogP contribution in [-0.2, 0) is 20.3 Å². The minimum atomic E-state index is -1.21. The van der Waals surface area contributed by atoms with Gasteiger partial charge in [-0.15, -0.1) is 0 Å². The molecule has 0 aromatic carbocycles. The second kappa shape index (κ2) is 7.50. The molecule has 1 aromatic heterocycles. The summed E-state index contributed by atoms with van der Waals surface area (Å²) in [5.41, 5.74) is 0.538. The SMILES string of the molecule is C[C@@H]1CCN(C(=O)c2nc3c(c(C(C)(C)S(C)=O)n2)OC[C@@H]2COC[C@@H](C)N32)C1. The Kier molecular flexibility index (Phi) is 5.31. The molecule has 0 N–H and O–H groups in total. The first-order valence-corrected chi connectivity index (χ1v) is 11.8. The van der Waals surface area contributed by atoms with Gasteiger partial charge >= 0.3 is 0 Å². The summed E-state index contributed by atoms with van der Waals surface area (Å²) >= 11 is 0. The van der Waals surface area contributed by atoms with Crippen molar-refractivity contribution in [1.29, 1.82) is 0 Å². The van der Waals surface area contributed by atoms with Gasteiger partial charge in [0.2, 0.25) is 5.82 Å². The van der Waals surface area contributed by atoms with Gasteiger partial charge in [0.15, 0.2) is 11.6 Å². The van der Waals surface area contributed by atoms with E-state index in [-0.39, 0.29) is 23.8 Å². The average Bonchev–Trinajstić information content (AvgIpc) is 3.12. The Hall–Kier alpha value is -1.74. The smallest absolute Gasteiger partial charge is 0.291 e. The highest BCUT2D eigenvalue weighted by atomic mass is 32.2. The highest BCUT2D eigenvalue weighted by molar-refractivity contribution is 7.85. The number of hydrogen-bond donors (Lipinski definition) is 0. The van der Waals surface area contributed by atoms with E-state index in [0.717, 1.165) is 6.42 Å². The number of amides is 1. The number of carbonyl (C=O) groups excluding carboxylic acids is 1. The molecule has 2 saturated heterocycles. The van der Waals surface area contributed by atoms with E-state index in [0.29, 0.717) is 56.1 Å². The molecule has 2 fully saturated rings. The number of anilines is 1. The Bertz CT molecular complexity index is 846. The number of likely N-dealkylation sites (tertiary alicyclic amines) is 1. The van der Waals surface area contributed by atoms with E-state index in [1.165, 1.54) is 0 Å². The summed E-state index contributed by atoms with van der Waals surface area (Å²) in [6, 6.07) is 0.142. The molecule has 0 aliphatic carbocycles. The Balaban J connectivity index is 1.84. The van der Waals surface area contributed by atoms with Gasteiger partial charge in [-0.3, -0.25) is 9.00 Å². The molecule has 9 heteroatoms. The molecule has 0 bridgehead atoms. The highest BCUT2D eigenvalue weighted by Gasteiger charge is 2.42. The molecule has 0 radical (unpaired) electrons. The normalized spacial score (nSPS) is 27.8. The molecule has 160 valence electrons. The van der Waals surface area contributed by atoms with Crippen LogP contribution in [0.25, 0.3) is 0 Å². The third kappa shape index (κ3) is 3.52. The van der Waals surface area contributed by atoms with Crippen molar-refractivity contribution in [2.75, 3.05) is 44.1 Å². The molecule has 0 saturated carbocycles. The third-order valence-corrected chi connectivity index (χ3v) is 7.87. The van der Waals surface area contributed by atoms with Crippen LogP contribution in [0.1, 0.15) is 50.4 Å². The van der Waals surface area contributed by atoms with Crippen LogP contribution in [-0.4, -0.2) is 76.2 Å². The molecule has 1 aromatic rings. The molecule has 4 heterocycles. The molecule has 3 aliphatic heterocycles. The van der Waals surface area contributed by atoms with E-state index in [2.05, 4.69) is 23.7 Å². The van der Waals surface area contributed by atoms with Crippen molar-refractivity contribution in [2.45, 2.75) is 50.9 Å². The van der Waals surface area contributed by atoms with E-state index in [9.17, 15) is 9.00 Å². The molecule has 1 unspecified atom stereocenters. The van der Waals surface area contributed by atoms with Crippen molar-refractivity contribution < 1.29 is 18.5 Å². The minimum Gasteiger partial charge on any atom is -0.486 e. The lowest BCUT2D eigenvalue weighted by molar-refractivity contribution is 0.0480. The second-order valence-electron chi connectivity index (χ2n) is 8.92. The highest BCUT2D eigenvalue weighted by Crippen LogP contribution is 2.42. The van der Waals surface area contributed by atoms with Gasteiger partial charge in [0, 0.05) is 30.1 Å². The number of rotatable bonds is 3. The van der Waals surface area contributed by atoms with Crippen molar-refractivity contribution in [3.05, 3.63) is 11.5 Å². The molecule has 8 nitrogen and oxygen atoms in total.